The largest absolute Gasteiger partial charge is 0.508 e. The predicted octanol–water partition coefficient (Wildman–Crippen LogP) is 6.73. The second kappa shape index (κ2) is 6.49. The maximum absolute atomic E-state index is 9.96. The zero-order valence-corrected chi connectivity index (χ0v) is 17.0. The first-order valence-corrected chi connectivity index (χ1v) is 10.4. The van der Waals surface area contributed by atoms with Crippen LogP contribution in [0.25, 0.3) is 6.08 Å². The van der Waals surface area contributed by atoms with E-state index in [1.165, 1.54) is 33.4 Å². The molecule has 0 heterocycles. The molecule has 1 saturated carbocycles. The number of fused-ring (bicyclic) bond motifs is 3. The highest BCUT2D eigenvalue weighted by Gasteiger charge is 2.52. The van der Waals surface area contributed by atoms with E-state index in [0.29, 0.717) is 17.6 Å². The minimum atomic E-state index is -0.337. The number of phenolic OH excluding ortho intramolecular Hbond substituents is 1. The van der Waals surface area contributed by atoms with Crippen molar-refractivity contribution < 1.29 is 5.11 Å². The van der Waals surface area contributed by atoms with Gasteiger partial charge in [0.1, 0.15) is 5.75 Å². The second-order valence-corrected chi connectivity index (χ2v) is 8.55. The highest BCUT2D eigenvalue weighted by atomic mass is 16.3. The van der Waals surface area contributed by atoms with E-state index in [1.807, 2.05) is 18.2 Å². The number of benzene rings is 2. The molecule has 0 saturated heterocycles. The molecule has 2 aromatic rings. The molecule has 3 aliphatic rings. The minimum Gasteiger partial charge on any atom is -0.508 e. The van der Waals surface area contributed by atoms with Gasteiger partial charge in [-0.05, 0) is 69.4 Å². The highest BCUT2D eigenvalue weighted by molar-refractivity contribution is 5.81. The van der Waals surface area contributed by atoms with Crippen LogP contribution in [-0.4, -0.2) is 5.11 Å². The average molecular weight is 379 g/mol. The van der Waals surface area contributed by atoms with E-state index < -0.39 is 0 Å². The van der Waals surface area contributed by atoms with Gasteiger partial charge in [0, 0.05) is 0 Å². The van der Waals surface area contributed by atoms with E-state index in [9.17, 15) is 5.11 Å². The van der Waals surface area contributed by atoms with Crippen LogP contribution in [0.5, 0.6) is 5.75 Å². The molecule has 0 bridgehead atoms. The van der Waals surface area contributed by atoms with Crippen LogP contribution in [0.4, 0.5) is 0 Å². The summed E-state index contributed by atoms with van der Waals surface area (Å²) >= 11 is 0. The first-order chi connectivity index (χ1) is 14.0. The number of hydrogen-bond acceptors (Lipinski definition) is 1. The van der Waals surface area contributed by atoms with Crippen LogP contribution in [0.1, 0.15) is 37.0 Å². The van der Waals surface area contributed by atoms with Gasteiger partial charge in [0.05, 0.1) is 5.41 Å². The molecule has 2 aromatic carbocycles. The van der Waals surface area contributed by atoms with Crippen molar-refractivity contribution in [2.45, 2.75) is 25.7 Å². The van der Waals surface area contributed by atoms with Gasteiger partial charge in [-0.3, -0.25) is 0 Å². The number of hydrogen-bond donors (Lipinski definition) is 1. The van der Waals surface area contributed by atoms with Crippen LogP contribution >= 0.6 is 0 Å². The molecule has 144 valence electrons. The fourth-order valence-electron chi connectivity index (χ4n) is 5.28. The van der Waals surface area contributed by atoms with Gasteiger partial charge < -0.3 is 5.11 Å². The van der Waals surface area contributed by atoms with Crippen LogP contribution in [0.15, 0.2) is 102 Å². The van der Waals surface area contributed by atoms with E-state index in [1.54, 1.807) is 0 Å². The van der Waals surface area contributed by atoms with Crippen LogP contribution in [0.3, 0.4) is 0 Å². The molecule has 3 aliphatic carbocycles. The van der Waals surface area contributed by atoms with Crippen LogP contribution in [-0.2, 0) is 5.41 Å². The van der Waals surface area contributed by atoms with Crippen molar-refractivity contribution in [2.75, 3.05) is 0 Å². The quantitative estimate of drug-likeness (QED) is 0.628. The van der Waals surface area contributed by atoms with Crippen molar-refractivity contribution in [1.29, 1.82) is 0 Å². The molecule has 3 atom stereocenters. The Morgan fingerprint density at radius 2 is 1.48 bits per heavy atom. The first kappa shape index (κ1) is 18.0. The lowest BCUT2D eigenvalue weighted by atomic mass is 9.66. The van der Waals surface area contributed by atoms with Crippen molar-refractivity contribution in [3.63, 3.8) is 0 Å². The van der Waals surface area contributed by atoms with E-state index in [-0.39, 0.29) is 5.41 Å². The molecule has 0 radical (unpaired) electrons. The monoisotopic (exact) mass is 378 g/mol. The van der Waals surface area contributed by atoms with Crippen LogP contribution in [0, 0.1) is 11.8 Å². The van der Waals surface area contributed by atoms with E-state index in [4.69, 9.17) is 0 Å². The predicted molar refractivity (Wildman–Crippen MR) is 121 cm³/mol. The Labute approximate surface area is 173 Å². The second-order valence-electron chi connectivity index (χ2n) is 8.55. The van der Waals surface area contributed by atoms with Crippen molar-refractivity contribution in [1.82, 2.24) is 0 Å². The molecule has 29 heavy (non-hydrogen) atoms. The van der Waals surface area contributed by atoms with Crippen LogP contribution < -0.4 is 0 Å². The Hall–Kier alpha value is -3.06. The topological polar surface area (TPSA) is 20.2 Å². The molecule has 1 heteroatoms. The molecule has 0 spiro atoms. The van der Waals surface area contributed by atoms with Gasteiger partial charge in [-0.2, -0.15) is 0 Å². The van der Waals surface area contributed by atoms with Crippen molar-refractivity contribution in [3.05, 3.63) is 118 Å². The van der Waals surface area contributed by atoms with Gasteiger partial charge in [0.25, 0.3) is 0 Å². The number of allylic oxidation sites excluding steroid dienone is 8. The molecule has 0 amide bonds. The standard InChI is InChI=1S/C28H26O/c1-4-20-6-8-21(9-7-20)28(22-10-12-23(29)13-11-22)26-14-5-18(2)15-24(26)25-16-19(3)17-27(25)28/h4,6-19,29H,1,5H2,2-3H3. The summed E-state index contributed by atoms with van der Waals surface area (Å²) in [6.45, 7) is 8.47. The molecular formula is C28H26O. The zero-order valence-electron chi connectivity index (χ0n) is 17.0. The molecule has 0 aromatic heterocycles. The summed E-state index contributed by atoms with van der Waals surface area (Å²) in [7, 11) is 0. The average Bonchev–Trinajstić information content (AvgIpc) is 3.23. The highest BCUT2D eigenvalue weighted by Crippen LogP contribution is 2.61. The summed E-state index contributed by atoms with van der Waals surface area (Å²) in [6.07, 6.45) is 12.7. The summed E-state index contributed by atoms with van der Waals surface area (Å²) in [5.74, 6) is 1.27. The fraction of sp³-hybridized carbons (Fsp3) is 0.214. The smallest absolute Gasteiger partial charge is 0.115 e. The van der Waals surface area contributed by atoms with Gasteiger partial charge in [0.15, 0.2) is 0 Å². The molecule has 1 N–H and O–H groups in total. The maximum Gasteiger partial charge on any atom is 0.115 e. The van der Waals surface area contributed by atoms with Crippen molar-refractivity contribution in [3.8, 4) is 5.75 Å². The molecular weight excluding hydrogens is 352 g/mol. The summed E-state index contributed by atoms with van der Waals surface area (Å²) in [5.41, 5.74) is 8.80. The Morgan fingerprint density at radius 3 is 2.14 bits per heavy atom. The third-order valence-corrected chi connectivity index (χ3v) is 6.56. The molecule has 1 fully saturated rings. The number of rotatable bonds is 3. The Balaban J connectivity index is 1.86. The molecule has 0 aliphatic heterocycles. The van der Waals surface area contributed by atoms with Gasteiger partial charge in [-0.1, -0.05) is 87.2 Å². The molecule has 5 rings (SSSR count). The third kappa shape index (κ3) is 2.54. The third-order valence-electron chi connectivity index (χ3n) is 6.56. The fourth-order valence-corrected chi connectivity index (χ4v) is 5.28. The Morgan fingerprint density at radius 1 is 0.862 bits per heavy atom. The number of phenols is 1. The lowest BCUT2D eigenvalue weighted by molar-refractivity contribution is 0.475. The van der Waals surface area contributed by atoms with Gasteiger partial charge in [0.2, 0.25) is 0 Å². The van der Waals surface area contributed by atoms with Crippen molar-refractivity contribution in [2.24, 2.45) is 11.8 Å². The van der Waals surface area contributed by atoms with Gasteiger partial charge >= 0.3 is 0 Å². The van der Waals surface area contributed by atoms with E-state index in [2.05, 4.69) is 81.1 Å². The molecule has 3 unspecified atom stereocenters. The van der Waals surface area contributed by atoms with Gasteiger partial charge in [-0.25, -0.2) is 0 Å². The summed E-state index contributed by atoms with van der Waals surface area (Å²) in [4.78, 5) is 0. The first-order valence-electron chi connectivity index (χ1n) is 10.4. The lowest BCUT2D eigenvalue weighted by Crippen LogP contribution is -2.29. The van der Waals surface area contributed by atoms with E-state index in [0.717, 1.165) is 12.0 Å². The van der Waals surface area contributed by atoms with E-state index >= 15 is 0 Å². The van der Waals surface area contributed by atoms with Crippen LogP contribution in [0.2, 0.25) is 0 Å². The Kier molecular flexibility index (Phi) is 4.03. The molecule has 1 nitrogen and oxygen atoms in total. The zero-order chi connectivity index (χ0) is 20.2. The minimum absolute atomic E-state index is 0.301. The van der Waals surface area contributed by atoms with Gasteiger partial charge in [-0.15, -0.1) is 0 Å². The maximum atomic E-state index is 9.96. The SMILES string of the molecule is C=Cc1ccc(C2(c3ccc(O)cc3)C3=CCC(C)C=C3C3=CC(C)C=C32)cc1. The summed E-state index contributed by atoms with van der Waals surface area (Å²) < 4.78 is 0. The number of aromatic hydroxyl groups is 1. The summed E-state index contributed by atoms with van der Waals surface area (Å²) in [5, 5.41) is 9.96. The normalized spacial score (nSPS) is 27.4. The Bertz CT molecular complexity index is 1100. The van der Waals surface area contributed by atoms with Crippen molar-refractivity contribution >= 4 is 6.08 Å². The summed E-state index contributed by atoms with van der Waals surface area (Å²) in [6, 6.07) is 16.6. The lowest BCUT2D eigenvalue weighted by Gasteiger charge is -2.35.